The number of rotatable bonds is 1. The van der Waals surface area contributed by atoms with Crippen LogP contribution in [0.5, 0.6) is 0 Å². The lowest BCUT2D eigenvalue weighted by Gasteiger charge is -1.94. The molecule has 5 heteroatoms. The minimum absolute atomic E-state index is 0.518. The predicted molar refractivity (Wildman–Crippen MR) is 71.6 cm³/mol. The fourth-order valence-corrected chi connectivity index (χ4v) is 2.28. The molecule has 1 N–H and O–H groups in total. The summed E-state index contributed by atoms with van der Waals surface area (Å²) in [5, 5.41) is 6.18. The molecule has 0 aliphatic rings. The largest absolute Gasteiger partial charge is 0.353 e. The van der Waals surface area contributed by atoms with Crippen LogP contribution in [0.2, 0.25) is 0 Å². The summed E-state index contributed by atoms with van der Waals surface area (Å²) in [6.07, 6.45) is 1.80. The van der Waals surface area contributed by atoms with Gasteiger partial charge < -0.3 is 9.51 Å². The van der Waals surface area contributed by atoms with Crippen molar-refractivity contribution in [1.29, 1.82) is 0 Å². The fraction of sp³-hybridized carbons (Fsp3) is 0.0714. The van der Waals surface area contributed by atoms with Crippen LogP contribution in [0.3, 0.4) is 0 Å². The molecule has 19 heavy (non-hydrogen) atoms. The molecular weight excluding hydrogens is 240 g/mol. The summed E-state index contributed by atoms with van der Waals surface area (Å²) in [6.45, 7) is 1.76. The maximum absolute atomic E-state index is 4.99. The summed E-state index contributed by atoms with van der Waals surface area (Å²) >= 11 is 0. The Kier molecular flexibility index (Phi) is 1.97. The third-order valence-corrected chi connectivity index (χ3v) is 3.15. The average Bonchev–Trinajstić information content (AvgIpc) is 3.01. The van der Waals surface area contributed by atoms with Gasteiger partial charge in [-0.15, -0.1) is 0 Å². The van der Waals surface area contributed by atoms with Gasteiger partial charge >= 0.3 is 0 Å². The first-order chi connectivity index (χ1) is 9.31. The molecule has 1 aromatic carbocycles. The van der Waals surface area contributed by atoms with Crippen LogP contribution in [0, 0.1) is 6.92 Å². The molecule has 0 aliphatic heterocycles. The number of para-hydroxylation sites is 1. The Morgan fingerprint density at radius 3 is 2.84 bits per heavy atom. The van der Waals surface area contributed by atoms with Crippen LogP contribution in [-0.4, -0.2) is 20.1 Å². The molecule has 4 aromatic rings. The van der Waals surface area contributed by atoms with E-state index in [4.69, 9.17) is 4.52 Å². The van der Waals surface area contributed by atoms with E-state index in [-0.39, 0.29) is 0 Å². The number of H-pyrrole nitrogens is 1. The Morgan fingerprint density at radius 2 is 2.00 bits per heavy atom. The molecule has 0 bridgehead atoms. The van der Waals surface area contributed by atoms with Crippen molar-refractivity contribution >= 4 is 21.8 Å². The van der Waals surface area contributed by atoms with Crippen molar-refractivity contribution < 1.29 is 4.52 Å². The van der Waals surface area contributed by atoms with E-state index in [0.717, 1.165) is 16.4 Å². The van der Waals surface area contributed by atoms with Crippen LogP contribution in [0.25, 0.3) is 33.3 Å². The first kappa shape index (κ1) is 10.3. The Balaban J connectivity index is 2.02. The van der Waals surface area contributed by atoms with Crippen molar-refractivity contribution in [3.05, 3.63) is 42.4 Å². The van der Waals surface area contributed by atoms with Gasteiger partial charge in [-0.3, -0.25) is 4.98 Å². The number of fused-ring (bicyclic) bond motifs is 3. The highest BCUT2D eigenvalue weighted by molar-refractivity contribution is 6.07. The van der Waals surface area contributed by atoms with Gasteiger partial charge in [0.05, 0.1) is 11.7 Å². The van der Waals surface area contributed by atoms with Crippen LogP contribution in [0.1, 0.15) is 5.89 Å². The molecule has 0 saturated carbocycles. The number of benzene rings is 1. The quantitative estimate of drug-likeness (QED) is 0.563. The SMILES string of the molecule is Cc1nc(-c2cc3c(cn2)[nH]c2ccccc23)no1. The van der Waals surface area contributed by atoms with E-state index < -0.39 is 0 Å². The van der Waals surface area contributed by atoms with E-state index in [9.17, 15) is 0 Å². The molecule has 0 radical (unpaired) electrons. The minimum Gasteiger partial charge on any atom is -0.353 e. The zero-order valence-electron chi connectivity index (χ0n) is 10.2. The van der Waals surface area contributed by atoms with Crippen molar-refractivity contribution in [2.75, 3.05) is 0 Å². The van der Waals surface area contributed by atoms with E-state index in [0.29, 0.717) is 17.4 Å². The number of aryl methyl sites for hydroxylation is 1. The molecule has 0 amide bonds. The Morgan fingerprint density at radius 1 is 1.11 bits per heavy atom. The van der Waals surface area contributed by atoms with E-state index in [1.54, 1.807) is 13.1 Å². The first-order valence-electron chi connectivity index (χ1n) is 5.98. The molecule has 0 unspecified atom stereocenters. The summed E-state index contributed by atoms with van der Waals surface area (Å²) in [6, 6.07) is 10.1. The third kappa shape index (κ3) is 1.52. The lowest BCUT2D eigenvalue weighted by atomic mass is 10.1. The molecular formula is C14H10N4O. The van der Waals surface area contributed by atoms with Crippen molar-refractivity contribution in [1.82, 2.24) is 20.1 Å². The van der Waals surface area contributed by atoms with Gasteiger partial charge in [-0.05, 0) is 12.1 Å². The highest BCUT2D eigenvalue weighted by Crippen LogP contribution is 2.27. The number of aromatic amines is 1. The van der Waals surface area contributed by atoms with Gasteiger partial charge in [0, 0.05) is 23.2 Å². The number of aromatic nitrogens is 4. The third-order valence-electron chi connectivity index (χ3n) is 3.15. The van der Waals surface area contributed by atoms with E-state index in [1.807, 2.05) is 24.3 Å². The molecule has 0 aliphatic carbocycles. The fourth-order valence-electron chi connectivity index (χ4n) is 2.28. The second kappa shape index (κ2) is 3.65. The lowest BCUT2D eigenvalue weighted by Crippen LogP contribution is -1.85. The van der Waals surface area contributed by atoms with Gasteiger partial charge in [0.1, 0.15) is 5.69 Å². The van der Waals surface area contributed by atoms with Crippen LogP contribution in [0.4, 0.5) is 0 Å². The summed E-state index contributed by atoms with van der Waals surface area (Å²) < 4.78 is 4.99. The summed E-state index contributed by atoms with van der Waals surface area (Å²) in [5.41, 5.74) is 2.82. The maximum Gasteiger partial charge on any atom is 0.223 e. The van der Waals surface area contributed by atoms with E-state index >= 15 is 0 Å². The van der Waals surface area contributed by atoms with Crippen LogP contribution in [-0.2, 0) is 0 Å². The second-order valence-electron chi connectivity index (χ2n) is 4.42. The Labute approximate surface area is 108 Å². The van der Waals surface area contributed by atoms with Gasteiger partial charge in [0.25, 0.3) is 0 Å². The molecule has 4 rings (SSSR count). The van der Waals surface area contributed by atoms with Gasteiger partial charge in [-0.2, -0.15) is 4.98 Å². The van der Waals surface area contributed by atoms with E-state index in [2.05, 4.69) is 26.2 Å². The highest BCUT2D eigenvalue weighted by Gasteiger charge is 2.10. The molecule has 0 saturated heterocycles. The highest BCUT2D eigenvalue weighted by atomic mass is 16.5. The number of hydrogen-bond donors (Lipinski definition) is 1. The van der Waals surface area contributed by atoms with Gasteiger partial charge in [-0.1, -0.05) is 23.4 Å². The van der Waals surface area contributed by atoms with Crippen molar-refractivity contribution in [3.8, 4) is 11.5 Å². The molecule has 0 atom stereocenters. The normalized spacial score (nSPS) is 11.4. The van der Waals surface area contributed by atoms with Gasteiger partial charge in [0.15, 0.2) is 0 Å². The van der Waals surface area contributed by atoms with Crippen molar-refractivity contribution in [3.63, 3.8) is 0 Å². The summed E-state index contributed by atoms with van der Waals surface area (Å²) in [7, 11) is 0. The Hall–Kier alpha value is -2.69. The predicted octanol–water partition coefficient (Wildman–Crippen LogP) is 3.07. The van der Waals surface area contributed by atoms with Crippen LogP contribution < -0.4 is 0 Å². The molecule has 0 spiro atoms. The molecule has 92 valence electrons. The van der Waals surface area contributed by atoms with Crippen LogP contribution in [0.15, 0.2) is 41.1 Å². The van der Waals surface area contributed by atoms with Crippen LogP contribution >= 0.6 is 0 Å². The van der Waals surface area contributed by atoms with Gasteiger partial charge in [0.2, 0.25) is 11.7 Å². The smallest absolute Gasteiger partial charge is 0.223 e. The molecule has 5 nitrogen and oxygen atoms in total. The van der Waals surface area contributed by atoms with Crippen molar-refractivity contribution in [2.45, 2.75) is 6.92 Å². The van der Waals surface area contributed by atoms with Gasteiger partial charge in [-0.25, -0.2) is 0 Å². The number of nitrogens with zero attached hydrogens (tertiary/aromatic N) is 3. The standard InChI is InChI=1S/C14H10N4O/c1-8-16-14(18-19-8)12-6-10-9-4-2-3-5-11(9)17-13(10)7-15-12/h2-7,17H,1H3. The minimum atomic E-state index is 0.518. The first-order valence-corrected chi connectivity index (χ1v) is 5.98. The lowest BCUT2D eigenvalue weighted by molar-refractivity contribution is 0.394. The second-order valence-corrected chi connectivity index (χ2v) is 4.42. The molecule has 3 aromatic heterocycles. The summed E-state index contributed by atoms with van der Waals surface area (Å²) in [5.74, 6) is 1.06. The molecule has 0 fully saturated rings. The average molecular weight is 250 g/mol. The monoisotopic (exact) mass is 250 g/mol. The topological polar surface area (TPSA) is 67.6 Å². The summed E-state index contributed by atoms with van der Waals surface area (Å²) in [4.78, 5) is 11.9. The number of nitrogens with one attached hydrogen (secondary N) is 1. The number of pyridine rings is 1. The molecule has 3 heterocycles. The Bertz CT molecular complexity index is 891. The van der Waals surface area contributed by atoms with E-state index in [1.165, 1.54) is 5.39 Å². The van der Waals surface area contributed by atoms with Crippen molar-refractivity contribution in [2.24, 2.45) is 0 Å². The maximum atomic E-state index is 4.99. The zero-order valence-corrected chi connectivity index (χ0v) is 10.2. The zero-order chi connectivity index (χ0) is 12.8. The number of hydrogen-bond acceptors (Lipinski definition) is 4.